The first-order chi connectivity index (χ1) is 20.3. The normalized spacial score (nSPS) is 15.1. The highest BCUT2D eigenvalue weighted by molar-refractivity contribution is 6.42. The molecule has 0 atom stereocenters. The molecule has 5 aromatic carbocycles. The van der Waals surface area contributed by atoms with Crippen molar-refractivity contribution in [3.8, 4) is 0 Å². The van der Waals surface area contributed by atoms with Gasteiger partial charge in [0, 0.05) is 45.1 Å². The number of carbonyl (C=O) groups is 4. The number of imide groups is 2. The summed E-state index contributed by atoms with van der Waals surface area (Å²) in [5.41, 5.74) is 2.07. The second-order valence-electron chi connectivity index (χ2n) is 11.3. The fraction of sp³-hybridized carbons (Fsp3) is 0.286. The predicted octanol–water partition coefficient (Wildman–Crippen LogP) is 7.86. The van der Waals surface area contributed by atoms with Crippen molar-refractivity contribution in [2.45, 2.75) is 65.5 Å². The molecule has 0 spiro atoms. The highest BCUT2D eigenvalue weighted by Crippen LogP contribution is 2.49. The maximum Gasteiger partial charge on any atom is 0.261 e. The van der Waals surface area contributed by atoms with Crippen LogP contribution in [0.1, 0.15) is 94.8 Å². The highest BCUT2D eigenvalue weighted by atomic mass is 16.2. The Labute approximate surface area is 242 Å². The SMILES string of the molecule is [C-]#[N+]c1cc2c3c(ccc4c5ccc6c7c(ccc(c1c34)c75)C(=O)N(C(CC)CC)C6=O)C(=O)N(C(CC)CC)C2=O. The first kappa shape index (κ1) is 26.1. The standard InChI is InChI=1S/C35H29N3O4/c1-6-17(7-2)37-32(39)22-13-10-19-20-11-14-24-29-25(35(42)38(34(24)41)18(8-3)9-4)16-26(36-5)30(31(20)29)21-12-15-23(33(37)40)28(22)27(19)21/h10-18H,6-9H2,1-4H3. The van der Waals surface area contributed by atoms with Gasteiger partial charge in [0.1, 0.15) is 0 Å². The van der Waals surface area contributed by atoms with Crippen molar-refractivity contribution in [3.05, 3.63) is 76.1 Å². The van der Waals surface area contributed by atoms with Gasteiger partial charge in [-0.1, -0.05) is 45.9 Å². The summed E-state index contributed by atoms with van der Waals surface area (Å²) in [7, 11) is 0. The van der Waals surface area contributed by atoms with Crippen LogP contribution in [0.25, 0.3) is 47.9 Å². The minimum absolute atomic E-state index is 0.194. The zero-order chi connectivity index (χ0) is 29.6. The summed E-state index contributed by atoms with van der Waals surface area (Å²) in [6.45, 7) is 16.0. The van der Waals surface area contributed by atoms with E-state index in [1.807, 2.05) is 45.9 Å². The summed E-state index contributed by atoms with van der Waals surface area (Å²) in [5, 5.41) is 5.58. The van der Waals surface area contributed by atoms with E-state index in [4.69, 9.17) is 6.57 Å². The molecular weight excluding hydrogens is 526 g/mol. The highest BCUT2D eigenvalue weighted by Gasteiger charge is 2.40. The van der Waals surface area contributed by atoms with Crippen LogP contribution in [0, 0.1) is 6.57 Å². The Morgan fingerprint density at radius 2 is 0.952 bits per heavy atom. The van der Waals surface area contributed by atoms with Crippen LogP contribution in [0.5, 0.6) is 0 Å². The molecule has 7 nitrogen and oxygen atoms in total. The number of amides is 4. The molecule has 7 heteroatoms. The van der Waals surface area contributed by atoms with Crippen molar-refractivity contribution in [2.24, 2.45) is 0 Å². The summed E-state index contributed by atoms with van der Waals surface area (Å²) in [6.07, 6.45) is 2.63. The summed E-state index contributed by atoms with van der Waals surface area (Å²) in [6, 6.07) is 12.2. The number of hydrogen-bond donors (Lipinski definition) is 0. The average molecular weight is 556 g/mol. The van der Waals surface area contributed by atoms with Crippen LogP contribution in [0.2, 0.25) is 0 Å². The van der Waals surface area contributed by atoms with E-state index in [9.17, 15) is 19.2 Å². The third-order valence-electron chi connectivity index (χ3n) is 9.51. The Morgan fingerprint density at radius 3 is 1.40 bits per heavy atom. The largest absolute Gasteiger partial charge is 0.271 e. The van der Waals surface area contributed by atoms with Gasteiger partial charge in [-0.15, -0.1) is 0 Å². The number of nitrogens with zero attached hydrogens (tertiary/aromatic N) is 3. The molecule has 4 amide bonds. The van der Waals surface area contributed by atoms with E-state index in [1.165, 1.54) is 9.80 Å². The maximum absolute atomic E-state index is 13.9. The maximum atomic E-state index is 13.9. The fourth-order valence-corrected chi connectivity index (χ4v) is 7.44. The van der Waals surface area contributed by atoms with Gasteiger partial charge in [0.25, 0.3) is 23.6 Å². The lowest BCUT2D eigenvalue weighted by Gasteiger charge is -2.34. The van der Waals surface area contributed by atoms with Gasteiger partial charge in [-0.25, -0.2) is 4.85 Å². The van der Waals surface area contributed by atoms with Crippen LogP contribution < -0.4 is 0 Å². The van der Waals surface area contributed by atoms with E-state index < -0.39 is 0 Å². The molecule has 42 heavy (non-hydrogen) atoms. The number of fused-ring (bicyclic) bond motifs is 2. The van der Waals surface area contributed by atoms with Crippen molar-refractivity contribution in [2.75, 3.05) is 0 Å². The van der Waals surface area contributed by atoms with E-state index in [2.05, 4.69) is 4.85 Å². The molecule has 0 saturated heterocycles. The first-order valence-electron chi connectivity index (χ1n) is 14.7. The zero-order valence-corrected chi connectivity index (χ0v) is 24.0. The molecule has 0 bridgehead atoms. The lowest BCUT2D eigenvalue weighted by Crippen LogP contribution is -2.46. The Kier molecular flexibility index (Phi) is 5.65. The van der Waals surface area contributed by atoms with Crippen LogP contribution >= 0.6 is 0 Å². The third-order valence-corrected chi connectivity index (χ3v) is 9.51. The molecule has 7 rings (SSSR count). The first-order valence-corrected chi connectivity index (χ1v) is 14.7. The third kappa shape index (κ3) is 3.04. The van der Waals surface area contributed by atoms with E-state index >= 15 is 0 Å². The van der Waals surface area contributed by atoms with Crippen molar-refractivity contribution >= 4 is 72.4 Å². The van der Waals surface area contributed by atoms with E-state index in [1.54, 1.807) is 24.3 Å². The summed E-state index contributed by atoms with van der Waals surface area (Å²) in [5.74, 6) is -1.29. The average Bonchev–Trinajstić information content (AvgIpc) is 3.01. The Bertz CT molecular complexity index is 2070. The monoisotopic (exact) mass is 555 g/mol. The van der Waals surface area contributed by atoms with Crippen molar-refractivity contribution < 1.29 is 19.2 Å². The number of rotatable bonds is 6. The molecule has 0 aliphatic carbocycles. The molecule has 5 aromatic rings. The van der Waals surface area contributed by atoms with Crippen molar-refractivity contribution in [1.29, 1.82) is 0 Å². The second kappa shape index (κ2) is 9.09. The molecule has 208 valence electrons. The Hall–Kier alpha value is -4.83. The number of benzene rings is 5. The number of carbonyl (C=O) groups excluding carboxylic acids is 4. The van der Waals surface area contributed by atoms with Crippen molar-refractivity contribution in [1.82, 2.24) is 9.80 Å². The molecule has 2 heterocycles. The molecular formula is C35H29N3O4. The minimum atomic E-state index is -0.372. The number of hydrogen-bond acceptors (Lipinski definition) is 4. The predicted molar refractivity (Wildman–Crippen MR) is 164 cm³/mol. The van der Waals surface area contributed by atoms with Crippen LogP contribution in [-0.4, -0.2) is 45.5 Å². The molecule has 0 radical (unpaired) electrons. The van der Waals surface area contributed by atoms with Gasteiger partial charge in [-0.05, 0) is 82.3 Å². The smallest absolute Gasteiger partial charge is 0.261 e. The Balaban J connectivity index is 1.62. The topological polar surface area (TPSA) is 79.1 Å². The van der Waals surface area contributed by atoms with Crippen LogP contribution in [-0.2, 0) is 0 Å². The van der Waals surface area contributed by atoms with Crippen LogP contribution in [0.15, 0.2) is 42.5 Å². The molecule has 2 aliphatic rings. The minimum Gasteiger partial charge on any atom is -0.271 e. The molecule has 0 saturated carbocycles. The molecule has 0 N–H and O–H groups in total. The zero-order valence-electron chi connectivity index (χ0n) is 24.0. The molecule has 2 aliphatic heterocycles. The van der Waals surface area contributed by atoms with Gasteiger partial charge in [0.2, 0.25) is 0 Å². The summed E-state index contributed by atoms with van der Waals surface area (Å²) >= 11 is 0. The van der Waals surface area contributed by atoms with Gasteiger partial charge < -0.3 is 0 Å². The van der Waals surface area contributed by atoms with Crippen LogP contribution in [0.3, 0.4) is 0 Å². The van der Waals surface area contributed by atoms with Gasteiger partial charge in [-0.2, -0.15) is 0 Å². The summed E-state index contributed by atoms with van der Waals surface area (Å²) in [4.78, 5) is 61.9. The second-order valence-corrected chi connectivity index (χ2v) is 11.3. The van der Waals surface area contributed by atoms with Crippen molar-refractivity contribution in [3.63, 3.8) is 0 Å². The Morgan fingerprint density at radius 1 is 0.548 bits per heavy atom. The summed E-state index contributed by atoms with van der Waals surface area (Å²) < 4.78 is 0. The lowest BCUT2D eigenvalue weighted by molar-refractivity contribution is 0.0514. The van der Waals surface area contributed by atoms with Gasteiger partial charge in [0.15, 0.2) is 5.69 Å². The lowest BCUT2D eigenvalue weighted by atomic mass is 9.81. The van der Waals surface area contributed by atoms with Gasteiger partial charge >= 0.3 is 0 Å². The van der Waals surface area contributed by atoms with E-state index in [0.29, 0.717) is 75.2 Å². The van der Waals surface area contributed by atoms with Crippen LogP contribution in [0.4, 0.5) is 5.69 Å². The van der Waals surface area contributed by atoms with Gasteiger partial charge in [-0.3, -0.25) is 29.0 Å². The molecule has 0 unspecified atom stereocenters. The fourth-order valence-electron chi connectivity index (χ4n) is 7.44. The van der Waals surface area contributed by atoms with E-state index in [0.717, 1.165) is 21.5 Å². The van der Waals surface area contributed by atoms with E-state index in [-0.39, 0.29) is 35.7 Å². The van der Waals surface area contributed by atoms with Gasteiger partial charge in [0.05, 0.1) is 6.57 Å². The quantitative estimate of drug-likeness (QED) is 0.0925. The molecule has 0 fully saturated rings. The molecule has 0 aromatic heterocycles.